The summed E-state index contributed by atoms with van der Waals surface area (Å²) in [7, 11) is 3.37. The van der Waals surface area contributed by atoms with Crippen molar-refractivity contribution in [1.29, 1.82) is 0 Å². The molecule has 3 aliphatic rings. The molecule has 13 nitrogen and oxygen atoms in total. The second kappa shape index (κ2) is 9.04. The molecule has 2 aromatic rings. The van der Waals surface area contributed by atoms with Gasteiger partial charge < -0.3 is 19.1 Å². The zero-order chi connectivity index (χ0) is 28.2. The van der Waals surface area contributed by atoms with Crippen LogP contribution in [0.25, 0.3) is 5.57 Å². The average Bonchev–Trinajstić information content (AvgIpc) is 3.42. The minimum absolute atomic E-state index is 0.0622. The van der Waals surface area contributed by atoms with Crippen molar-refractivity contribution in [1.82, 2.24) is 9.80 Å². The van der Waals surface area contributed by atoms with Crippen molar-refractivity contribution in [2.45, 2.75) is 18.6 Å². The lowest BCUT2D eigenvalue weighted by atomic mass is 9.74. The van der Waals surface area contributed by atoms with Gasteiger partial charge in [-0.15, -0.1) is 0 Å². The molecule has 0 unspecified atom stereocenters. The first-order valence-electron chi connectivity index (χ1n) is 11.6. The number of carbonyl (C=O) groups excluding carboxylic acids is 5. The number of nitro groups is 1. The molecule has 1 saturated heterocycles. The highest BCUT2D eigenvalue weighted by Crippen LogP contribution is 2.57. The molecule has 5 rings (SSSR count). The molecule has 200 valence electrons. The van der Waals surface area contributed by atoms with Gasteiger partial charge in [-0.3, -0.25) is 34.2 Å². The molecule has 13 heteroatoms. The second-order valence-corrected chi connectivity index (χ2v) is 9.08. The minimum Gasteiger partial charge on any atom is -0.468 e. The molecular weight excluding hydrogens is 514 g/mol. The SMILES string of the molecule is COC(=O)C1=CN2[C@H](N3C(=O)c4ccc([N+](=O)[O-])cc4C3=O)CC(C(=O)OC)(C(=O)OC)[C@H]2c2ccccc21. The number of hydrogen-bond donors (Lipinski definition) is 0. The summed E-state index contributed by atoms with van der Waals surface area (Å²) < 4.78 is 15.0. The van der Waals surface area contributed by atoms with E-state index in [9.17, 15) is 34.1 Å². The largest absolute Gasteiger partial charge is 0.468 e. The summed E-state index contributed by atoms with van der Waals surface area (Å²) in [5, 5.41) is 11.3. The van der Waals surface area contributed by atoms with E-state index in [1.54, 1.807) is 24.3 Å². The van der Waals surface area contributed by atoms with Crippen molar-refractivity contribution in [3.63, 3.8) is 0 Å². The summed E-state index contributed by atoms with van der Waals surface area (Å²) >= 11 is 0. The van der Waals surface area contributed by atoms with Gasteiger partial charge in [-0.2, -0.15) is 0 Å². The summed E-state index contributed by atoms with van der Waals surface area (Å²) in [5.41, 5.74) is -1.91. The summed E-state index contributed by atoms with van der Waals surface area (Å²) in [4.78, 5) is 79.5. The Bertz CT molecular complexity index is 1500. The predicted octanol–water partition coefficient (Wildman–Crippen LogP) is 1.82. The molecule has 0 bridgehead atoms. The Morgan fingerprint density at radius 1 is 0.923 bits per heavy atom. The average molecular weight is 535 g/mol. The third-order valence-corrected chi connectivity index (χ3v) is 7.35. The first-order valence-corrected chi connectivity index (χ1v) is 11.6. The van der Waals surface area contributed by atoms with Crippen LogP contribution in [0.5, 0.6) is 0 Å². The number of nitrogens with zero attached hydrogens (tertiary/aromatic N) is 3. The fourth-order valence-electron chi connectivity index (χ4n) is 5.68. The van der Waals surface area contributed by atoms with Gasteiger partial charge in [-0.1, -0.05) is 24.3 Å². The van der Waals surface area contributed by atoms with Crippen LogP contribution < -0.4 is 0 Å². The molecule has 2 aromatic carbocycles. The normalized spacial score (nSPS) is 20.4. The zero-order valence-corrected chi connectivity index (χ0v) is 20.9. The Morgan fingerprint density at radius 2 is 1.56 bits per heavy atom. The Balaban J connectivity index is 1.74. The van der Waals surface area contributed by atoms with Crippen LogP contribution in [0, 0.1) is 15.5 Å². The third-order valence-electron chi connectivity index (χ3n) is 7.35. The van der Waals surface area contributed by atoms with Crippen LogP contribution in [-0.2, 0) is 28.6 Å². The van der Waals surface area contributed by atoms with Gasteiger partial charge in [0.2, 0.25) is 0 Å². The standard InChI is InChI=1S/C26H21N3O10/c1-37-23(32)18-12-27-19(28-21(30)16-9-8-13(29(35)36)10-17(16)22(28)31)11-26(24(33)38-2,25(34)39-3)20(27)15-7-5-4-6-14(15)18/h4-10,12,19-20H,11H2,1-3H3/t19-,20-/m1/s1. The molecule has 0 aromatic heterocycles. The number of amides is 2. The molecule has 3 aliphatic heterocycles. The lowest BCUT2D eigenvalue weighted by Crippen LogP contribution is -2.47. The van der Waals surface area contributed by atoms with E-state index in [-0.39, 0.29) is 22.4 Å². The molecule has 2 atom stereocenters. The maximum Gasteiger partial charge on any atom is 0.339 e. The van der Waals surface area contributed by atoms with Gasteiger partial charge in [-0.25, -0.2) is 4.79 Å². The lowest BCUT2D eigenvalue weighted by Gasteiger charge is -2.39. The molecule has 1 fully saturated rings. The highest BCUT2D eigenvalue weighted by Gasteiger charge is 2.67. The number of esters is 3. The zero-order valence-electron chi connectivity index (χ0n) is 20.9. The van der Waals surface area contributed by atoms with Gasteiger partial charge in [0, 0.05) is 24.8 Å². The van der Waals surface area contributed by atoms with Gasteiger partial charge in [0.25, 0.3) is 17.5 Å². The number of benzene rings is 2. The van der Waals surface area contributed by atoms with Crippen LogP contribution in [0.15, 0.2) is 48.7 Å². The first kappa shape index (κ1) is 25.6. The smallest absolute Gasteiger partial charge is 0.339 e. The van der Waals surface area contributed by atoms with E-state index in [1.807, 2.05) is 0 Å². The highest BCUT2D eigenvalue weighted by atomic mass is 16.6. The van der Waals surface area contributed by atoms with E-state index in [0.29, 0.717) is 11.1 Å². The predicted molar refractivity (Wildman–Crippen MR) is 129 cm³/mol. The van der Waals surface area contributed by atoms with Crippen molar-refractivity contribution in [3.8, 4) is 0 Å². The van der Waals surface area contributed by atoms with E-state index >= 15 is 0 Å². The van der Waals surface area contributed by atoms with Crippen LogP contribution in [0.3, 0.4) is 0 Å². The van der Waals surface area contributed by atoms with Crippen molar-refractivity contribution in [2.24, 2.45) is 5.41 Å². The molecule has 3 heterocycles. The van der Waals surface area contributed by atoms with Gasteiger partial charge in [0.15, 0.2) is 5.41 Å². The van der Waals surface area contributed by atoms with Crippen molar-refractivity contribution in [2.75, 3.05) is 21.3 Å². The summed E-state index contributed by atoms with van der Waals surface area (Å²) in [5.74, 6) is -4.31. The first-order chi connectivity index (χ1) is 18.6. The minimum atomic E-state index is -2.05. The van der Waals surface area contributed by atoms with Crippen molar-refractivity contribution >= 4 is 41.0 Å². The molecular formula is C26H21N3O10. The molecule has 0 aliphatic carbocycles. The number of imide groups is 1. The van der Waals surface area contributed by atoms with Crippen LogP contribution in [0.1, 0.15) is 44.3 Å². The number of hydrogen-bond acceptors (Lipinski definition) is 11. The van der Waals surface area contributed by atoms with Crippen LogP contribution in [0.4, 0.5) is 5.69 Å². The summed E-state index contributed by atoms with van der Waals surface area (Å²) in [6.07, 6.45) is -0.389. The Kier molecular flexibility index (Phi) is 5.93. The summed E-state index contributed by atoms with van der Waals surface area (Å²) in [6.45, 7) is 0. The van der Waals surface area contributed by atoms with E-state index in [0.717, 1.165) is 31.3 Å². The van der Waals surface area contributed by atoms with Gasteiger partial charge >= 0.3 is 17.9 Å². The Labute approximate surface area is 220 Å². The Morgan fingerprint density at radius 3 is 2.18 bits per heavy atom. The number of carbonyl (C=O) groups is 5. The van der Waals surface area contributed by atoms with E-state index in [2.05, 4.69) is 0 Å². The fourth-order valence-corrected chi connectivity index (χ4v) is 5.68. The fraction of sp³-hybridized carbons (Fsp3) is 0.269. The van der Waals surface area contributed by atoms with E-state index < -0.39 is 58.7 Å². The van der Waals surface area contributed by atoms with E-state index in [4.69, 9.17) is 14.2 Å². The monoisotopic (exact) mass is 535 g/mol. The second-order valence-electron chi connectivity index (χ2n) is 9.08. The third kappa shape index (κ3) is 3.42. The summed E-state index contributed by atoms with van der Waals surface area (Å²) in [6, 6.07) is 8.65. The van der Waals surface area contributed by atoms with Gasteiger partial charge in [0.1, 0.15) is 6.17 Å². The van der Waals surface area contributed by atoms with Gasteiger partial charge in [-0.05, 0) is 17.2 Å². The van der Waals surface area contributed by atoms with Crippen LogP contribution in [0.2, 0.25) is 0 Å². The van der Waals surface area contributed by atoms with Crippen LogP contribution >= 0.6 is 0 Å². The number of ether oxygens (including phenoxy) is 3. The highest BCUT2D eigenvalue weighted by molar-refractivity contribution is 6.22. The maximum atomic E-state index is 13.6. The lowest BCUT2D eigenvalue weighted by molar-refractivity contribution is -0.384. The topological polar surface area (TPSA) is 163 Å². The molecule has 2 amide bonds. The molecule has 0 spiro atoms. The number of nitro benzene ring substituents is 1. The molecule has 0 N–H and O–H groups in total. The Hall–Kier alpha value is -5.07. The number of fused-ring (bicyclic) bond motifs is 4. The number of rotatable bonds is 5. The number of methoxy groups -OCH3 is 3. The maximum absolute atomic E-state index is 13.6. The van der Waals surface area contributed by atoms with E-state index in [1.165, 1.54) is 24.3 Å². The molecule has 0 radical (unpaired) electrons. The van der Waals surface area contributed by atoms with Crippen molar-refractivity contribution in [3.05, 3.63) is 81.0 Å². The molecule has 0 saturated carbocycles. The number of non-ortho nitro benzene ring substituents is 1. The van der Waals surface area contributed by atoms with Gasteiger partial charge in [0.05, 0.1) is 49.0 Å². The van der Waals surface area contributed by atoms with Crippen LogP contribution in [-0.4, -0.2) is 71.9 Å². The molecule has 39 heavy (non-hydrogen) atoms. The quantitative estimate of drug-likeness (QED) is 0.137. The van der Waals surface area contributed by atoms with Crippen molar-refractivity contribution < 1.29 is 43.1 Å².